The Hall–Kier alpha value is -2.70. The maximum absolute atomic E-state index is 12.2. The van der Waals surface area contributed by atoms with Crippen LogP contribution in [0.2, 0.25) is 0 Å². The number of nitro groups is 1. The second-order valence-electron chi connectivity index (χ2n) is 6.34. The van der Waals surface area contributed by atoms with Gasteiger partial charge in [0.15, 0.2) is 0 Å². The SMILES string of the molecule is CC(NP(Oc1ccccc1)Oc1ccc([N+](=O)[O-])cc1)C(=O)OC1CCC1. The monoisotopic (exact) mass is 404 g/mol. The van der Waals surface area contributed by atoms with Gasteiger partial charge in [0.05, 0.1) is 4.92 Å². The van der Waals surface area contributed by atoms with E-state index < -0.39 is 19.5 Å². The van der Waals surface area contributed by atoms with E-state index in [0.29, 0.717) is 11.5 Å². The Bertz CT molecular complexity index is 798. The number of hydrogen-bond donors (Lipinski definition) is 1. The summed E-state index contributed by atoms with van der Waals surface area (Å²) >= 11 is 0. The van der Waals surface area contributed by atoms with Crippen LogP contribution in [0.15, 0.2) is 54.6 Å². The highest BCUT2D eigenvalue weighted by atomic mass is 31.2. The first kappa shape index (κ1) is 20.0. The number of hydrogen-bond acceptors (Lipinski definition) is 7. The van der Waals surface area contributed by atoms with Crippen LogP contribution < -0.4 is 14.1 Å². The van der Waals surface area contributed by atoms with Crippen LogP contribution in [0.4, 0.5) is 5.69 Å². The summed E-state index contributed by atoms with van der Waals surface area (Å²) < 4.78 is 17.1. The van der Waals surface area contributed by atoms with Crippen LogP contribution in [-0.4, -0.2) is 23.0 Å². The highest BCUT2D eigenvalue weighted by Gasteiger charge is 2.28. The van der Waals surface area contributed by atoms with Gasteiger partial charge in [-0.3, -0.25) is 14.9 Å². The Morgan fingerprint density at radius 1 is 1.11 bits per heavy atom. The molecule has 2 aromatic carbocycles. The fourth-order valence-corrected chi connectivity index (χ4v) is 3.53. The number of carbonyl (C=O) groups excluding carboxylic acids is 1. The van der Waals surface area contributed by atoms with Gasteiger partial charge in [0.1, 0.15) is 23.6 Å². The van der Waals surface area contributed by atoms with Gasteiger partial charge in [-0.05, 0) is 50.5 Å². The molecule has 1 aliphatic carbocycles. The lowest BCUT2D eigenvalue weighted by Gasteiger charge is -2.27. The number of benzene rings is 2. The molecule has 2 atom stereocenters. The molecule has 0 radical (unpaired) electrons. The minimum atomic E-state index is -1.74. The van der Waals surface area contributed by atoms with Crippen molar-refractivity contribution in [1.82, 2.24) is 5.09 Å². The van der Waals surface area contributed by atoms with Crippen LogP contribution in [0.1, 0.15) is 26.2 Å². The van der Waals surface area contributed by atoms with E-state index in [9.17, 15) is 14.9 Å². The Morgan fingerprint density at radius 2 is 1.71 bits per heavy atom. The Balaban J connectivity index is 1.66. The lowest BCUT2D eigenvalue weighted by Crippen LogP contribution is -2.37. The van der Waals surface area contributed by atoms with Crippen molar-refractivity contribution < 1.29 is 23.5 Å². The molecule has 3 rings (SSSR count). The van der Waals surface area contributed by atoms with Crippen LogP contribution in [0.25, 0.3) is 0 Å². The van der Waals surface area contributed by atoms with E-state index in [1.807, 2.05) is 18.2 Å². The van der Waals surface area contributed by atoms with E-state index in [2.05, 4.69) is 5.09 Å². The molecule has 1 saturated carbocycles. The van der Waals surface area contributed by atoms with E-state index in [1.54, 1.807) is 19.1 Å². The Kier molecular flexibility index (Phi) is 6.79. The summed E-state index contributed by atoms with van der Waals surface area (Å²) in [5, 5.41) is 13.8. The summed E-state index contributed by atoms with van der Waals surface area (Å²) in [5.41, 5.74) is -0.0361. The van der Waals surface area contributed by atoms with E-state index in [1.165, 1.54) is 24.3 Å². The summed E-state index contributed by atoms with van der Waals surface area (Å²) in [6.07, 6.45) is 2.86. The molecule has 9 heteroatoms. The van der Waals surface area contributed by atoms with Gasteiger partial charge in [-0.2, -0.15) is 0 Å². The van der Waals surface area contributed by atoms with Crippen molar-refractivity contribution in [3.8, 4) is 11.5 Å². The third-order valence-corrected chi connectivity index (χ3v) is 5.51. The number of nitro benzene ring substituents is 1. The third-order valence-electron chi connectivity index (χ3n) is 4.16. The molecule has 0 aliphatic heterocycles. The van der Waals surface area contributed by atoms with Gasteiger partial charge in [-0.1, -0.05) is 18.2 Å². The molecule has 1 aliphatic rings. The van der Waals surface area contributed by atoms with Crippen molar-refractivity contribution in [2.75, 3.05) is 0 Å². The summed E-state index contributed by atoms with van der Waals surface area (Å²) in [7, 11) is -1.74. The van der Waals surface area contributed by atoms with Crippen molar-refractivity contribution in [3.05, 3.63) is 64.7 Å². The molecule has 2 aromatic rings. The predicted molar refractivity (Wildman–Crippen MR) is 104 cm³/mol. The number of rotatable bonds is 9. The minimum Gasteiger partial charge on any atom is -0.461 e. The third kappa shape index (κ3) is 5.65. The standard InChI is InChI=1S/C19H21N2O6P/c1-14(19(22)25-16-8-5-9-16)20-28(26-17-6-3-2-4-7-17)27-18-12-10-15(11-13-18)21(23)24/h2-4,6-7,10-14,16,20H,5,8-9H2,1H3. The van der Waals surface area contributed by atoms with Crippen LogP contribution in [0.5, 0.6) is 11.5 Å². The van der Waals surface area contributed by atoms with Crippen LogP contribution in [0.3, 0.4) is 0 Å². The number of nitrogens with one attached hydrogen (secondary N) is 1. The minimum absolute atomic E-state index is 0.00592. The van der Waals surface area contributed by atoms with Crippen LogP contribution in [0, 0.1) is 10.1 Å². The fraction of sp³-hybridized carbons (Fsp3) is 0.316. The summed E-state index contributed by atoms with van der Waals surface area (Å²) in [5.74, 6) is 0.600. The number of ether oxygens (including phenoxy) is 1. The van der Waals surface area contributed by atoms with Crippen molar-refractivity contribution in [2.45, 2.75) is 38.3 Å². The molecule has 0 saturated heterocycles. The second kappa shape index (κ2) is 9.48. The zero-order chi connectivity index (χ0) is 19.9. The first-order valence-corrected chi connectivity index (χ1v) is 10.1. The smallest absolute Gasteiger partial charge is 0.382 e. The number of esters is 1. The van der Waals surface area contributed by atoms with Gasteiger partial charge in [0.25, 0.3) is 5.69 Å². The maximum atomic E-state index is 12.2. The number of non-ortho nitro benzene ring substituents is 1. The topological polar surface area (TPSA) is 99.9 Å². The van der Waals surface area contributed by atoms with E-state index >= 15 is 0 Å². The quantitative estimate of drug-likeness (QED) is 0.287. The highest BCUT2D eigenvalue weighted by Crippen LogP contribution is 2.38. The number of para-hydroxylation sites is 1. The van der Waals surface area contributed by atoms with Crippen molar-refractivity contribution in [3.63, 3.8) is 0 Å². The number of nitrogens with zero attached hydrogens (tertiary/aromatic N) is 1. The molecule has 28 heavy (non-hydrogen) atoms. The lowest BCUT2D eigenvalue weighted by molar-refractivity contribution is -0.384. The Labute approximate surface area is 163 Å². The van der Waals surface area contributed by atoms with Crippen molar-refractivity contribution >= 4 is 20.2 Å². The molecular weight excluding hydrogens is 383 g/mol. The van der Waals surface area contributed by atoms with Gasteiger partial charge in [0.2, 0.25) is 0 Å². The molecular formula is C19H21N2O6P. The van der Waals surface area contributed by atoms with Gasteiger partial charge in [-0.25, -0.2) is 5.09 Å². The van der Waals surface area contributed by atoms with Gasteiger partial charge >= 0.3 is 14.5 Å². The summed E-state index contributed by atoms with van der Waals surface area (Å²) in [4.78, 5) is 22.6. The normalized spacial score (nSPS) is 15.8. The maximum Gasteiger partial charge on any atom is 0.382 e. The van der Waals surface area contributed by atoms with Gasteiger partial charge in [-0.15, -0.1) is 0 Å². The summed E-state index contributed by atoms with van der Waals surface area (Å²) in [6.45, 7) is 1.68. The molecule has 0 aromatic heterocycles. The zero-order valence-electron chi connectivity index (χ0n) is 15.3. The molecule has 2 unspecified atom stereocenters. The first-order valence-electron chi connectivity index (χ1n) is 8.93. The molecule has 0 amide bonds. The Morgan fingerprint density at radius 3 is 2.25 bits per heavy atom. The average molecular weight is 404 g/mol. The van der Waals surface area contributed by atoms with Gasteiger partial charge in [0, 0.05) is 12.1 Å². The lowest BCUT2D eigenvalue weighted by atomic mass is 9.96. The fourth-order valence-electron chi connectivity index (χ4n) is 2.34. The zero-order valence-corrected chi connectivity index (χ0v) is 16.2. The molecule has 8 nitrogen and oxygen atoms in total. The highest BCUT2D eigenvalue weighted by molar-refractivity contribution is 7.45. The number of carbonyl (C=O) groups is 1. The van der Waals surface area contributed by atoms with Crippen molar-refractivity contribution in [2.24, 2.45) is 0 Å². The van der Waals surface area contributed by atoms with Gasteiger partial charge < -0.3 is 13.8 Å². The van der Waals surface area contributed by atoms with E-state index in [-0.39, 0.29) is 17.8 Å². The van der Waals surface area contributed by atoms with Crippen LogP contribution >= 0.6 is 8.53 Å². The molecule has 0 bridgehead atoms. The largest absolute Gasteiger partial charge is 0.461 e. The second-order valence-corrected chi connectivity index (χ2v) is 7.48. The van der Waals surface area contributed by atoms with Crippen LogP contribution in [-0.2, 0) is 9.53 Å². The first-order chi connectivity index (χ1) is 13.5. The molecule has 1 fully saturated rings. The average Bonchev–Trinajstić information content (AvgIpc) is 2.65. The molecule has 0 heterocycles. The van der Waals surface area contributed by atoms with E-state index in [4.69, 9.17) is 13.8 Å². The molecule has 148 valence electrons. The van der Waals surface area contributed by atoms with Crippen molar-refractivity contribution in [1.29, 1.82) is 0 Å². The molecule has 0 spiro atoms. The predicted octanol–water partition coefficient (Wildman–Crippen LogP) is 4.35. The van der Waals surface area contributed by atoms with E-state index in [0.717, 1.165) is 19.3 Å². The molecule has 1 N–H and O–H groups in total. The summed E-state index contributed by atoms with van der Waals surface area (Å²) in [6, 6.07) is 14.1.